The van der Waals surface area contributed by atoms with Gasteiger partial charge in [-0.15, -0.1) is 0 Å². The molecule has 3 nitrogen and oxygen atoms in total. The maximum atomic E-state index is 4.52. The van der Waals surface area contributed by atoms with Crippen molar-refractivity contribution in [3.05, 3.63) is 15.6 Å². The molecule has 0 aliphatic heterocycles. The molecule has 0 aliphatic carbocycles. The van der Waals surface area contributed by atoms with E-state index < -0.39 is 0 Å². The molecule has 0 atom stereocenters. The van der Waals surface area contributed by atoms with Gasteiger partial charge in [0.15, 0.2) is 0 Å². The van der Waals surface area contributed by atoms with Gasteiger partial charge in [0.25, 0.3) is 0 Å². The molecule has 1 N–H and O–H groups in total. The van der Waals surface area contributed by atoms with Gasteiger partial charge in [0.1, 0.15) is 15.3 Å². The second-order valence-electron chi connectivity index (χ2n) is 4.37. The fourth-order valence-corrected chi connectivity index (χ4v) is 1.98. The zero-order chi connectivity index (χ0) is 12.0. The van der Waals surface area contributed by atoms with Crippen LogP contribution in [0.5, 0.6) is 0 Å². The quantitative estimate of drug-likeness (QED) is 0.492. The Bertz CT molecular complexity index is 326. The van der Waals surface area contributed by atoms with Crippen molar-refractivity contribution in [2.24, 2.45) is 5.92 Å². The molecule has 0 amide bonds. The summed E-state index contributed by atoms with van der Waals surface area (Å²) in [6.45, 7) is 7.56. The Kier molecular flexibility index (Phi) is 6.01. The van der Waals surface area contributed by atoms with Crippen molar-refractivity contribution in [1.82, 2.24) is 9.97 Å². The number of unbranched alkanes of at least 4 members (excludes halogenated alkanes) is 1. The van der Waals surface area contributed by atoms with E-state index in [0.717, 1.165) is 28.3 Å². The Balaban J connectivity index is 2.65. The van der Waals surface area contributed by atoms with E-state index in [-0.39, 0.29) is 0 Å². The Morgan fingerprint density at radius 3 is 2.75 bits per heavy atom. The van der Waals surface area contributed by atoms with E-state index in [0.29, 0.717) is 5.92 Å². The van der Waals surface area contributed by atoms with Crippen LogP contribution in [0.2, 0.25) is 0 Å². The van der Waals surface area contributed by atoms with Crippen molar-refractivity contribution < 1.29 is 0 Å². The van der Waals surface area contributed by atoms with Gasteiger partial charge in [0, 0.05) is 19.0 Å². The van der Waals surface area contributed by atoms with Gasteiger partial charge in [-0.2, -0.15) is 0 Å². The van der Waals surface area contributed by atoms with Crippen molar-refractivity contribution in [2.75, 3.05) is 11.9 Å². The van der Waals surface area contributed by atoms with Crippen LogP contribution < -0.4 is 5.32 Å². The number of anilines is 1. The highest BCUT2D eigenvalue weighted by Crippen LogP contribution is 2.12. The molecule has 0 radical (unpaired) electrons. The molecule has 1 rings (SSSR count). The summed E-state index contributed by atoms with van der Waals surface area (Å²) >= 11 is 2.25. The molecule has 0 unspecified atom stereocenters. The third-order valence-corrected chi connectivity index (χ3v) is 2.72. The SMILES string of the molecule is CCCCNc1cc(I)nc(CC(C)C)n1. The van der Waals surface area contributed by atoms with Gasteiger partial charge < -0.3 is 5.32 Å². The lowest BCUT2D eigenvalue weighted by atomic mass is 10.1. The highest BCUT2D eigenvalue weighted by atomic mass is 127. The van der Waals surface area contributed by atoms with Crippen LogP contribution in [0.4, 0.5) is 5.82 Å². The van der Waals surface area contributed by atoms with E-state index in [1.54, 1.807) is 0 Å². The average molecular weight is 333 g/mol. The third-order valence-electron chi connectivity index (χ3n) is 2.17. The molecule has 1 aromatic heterocycles. The predicted octanol–water partition coefficient (Wildman–Crippen LogP) is 3.49. The van der Waals surface area contributed by atoms with Crippen molar-refractivity contribution in [2.45, 2.75) is 40.0 Å². The molecule has 0 aliphatic rings. The summed E-state index contributed by atoms with van der Waals surface area (Å²) in [5.41, 5.74) is 0. The minimum atomic E-state index is 0.599. The van der Waals surface area contributed by atoms with E-state index in [1.807, 2.05) is 6.07 Å². The summed E-state index contributed by atoms with van der Waals surface area (Å²) in [6, 6.07) is 2.00. The molecule has 0 saturated heterocycles. The van der Waals surface area contributed by atoms with Gasteiger partial charge in [-0.05, 0) is 34.9 Å². The summed E-state index contributed by atoms with van der Waals surface area (Å²) in [5.74, 6) is 2.51. The van der Waals surface area contributed by atoms with E-state index in [9.17, 15) is 0 Å². The van der Waals surface area contributed by atoms with Crippen LogP contribution >= 0.6 is 22.6 Å². The molecule has 0 saturated carbocycles. The smallest absolute Gasteiger partial charge is 0.132 e. The topological polar surface area (TPSA) is 37.8 Å². The zero-order valence-electron chi connectivity index (χ0n) is 10.3. The maximum absolute atomic E-state index is 4.52. The third kappa shape index (κ3) is 5.09. The first-order chi connectivity index (χ1) is 7.61. The van der Waals surface area contributed by atoms with Gasteiger partial charge in [-0.25, -0.2) is 9.97 Å². The molecule has 0 spiro atoms. The first-order valence-electron chi connectivity index (χ1n) is 5.89. The molecule has 0 aromatic carbocycles. The van der Waals surface area contributed by atoms with Gasteiger partial charge in [0.2, 0.25) is 0 Å². The number of nitrogens with one attached hydrogen (secondary N) is 1. The monoisotopic (exact) mass is 333 g/mol. The van der Waals surface area contributed by atoms with E-state index in [2.05, 4.69) is 58.6 Å². The Labute approximate surface area is 112 Å². The first kappa shape index (κ1) is 13.7. The summed E-state index contributed by atoms with van der Waals surface area (Å²) in [6.07, 6.45) is 3.33. The fraction of sp³-hybridized carbons (Fsp3) is 0.667. The van der Waals surface area contributed by atoms with Gasteiger partial charge in [-0.1, -0.05) is 27.2 Å². The van der Waals surface area contributed by atoms with E-state index in [1.165, 1.54) is 12.8 Å². The zero-order valence-corrected chi connectivity index (χ0v) is 12.4. The number of rotatable bonds is 6. The molecule has 0 fully saturated rings. The standard InChI is InChI=1S/C12H20IN3/c1-4-5-6-14-11-8-10(13)15-12(16-11)7-9(2)3/h8-9H,4-7H2,1-3H3,(H,14,15,16). The van der Waals surface area contributed by atoms with Crippen molar-refractivity contribution >= 4 is 28.4 Å². The minimum Gasteiger partial charge on any atom is -0.370 e. The predicted molar refractivity (Wildman–Crippen MR) is 76.7 cm³/mol. The highest BCUT2D eigenvalue weighted by Gasteiger charge is 2.04. The highest BCUT2D eigenvalue weighted by molar-refractivity contribution is 14.1. The van der Waals surface area contributed by atoms with Crippen LogP contribution in [0.1, 0.15) is 39.4 Å². The number of aromatic nitrogens is 2. The van der Waals surface area contributed by atoms with Crippen LogP contribution in [0.3, 0.4) is 0 Å². The molecule has 1 aromatic rings. The largest absolute Gasteiger partial charge is 0.370 e. The Morgan fingerprint density at radius 2 is 2.12 bits per heavy atom. The van der Waals surface area contributed by atoms with Crippen molar-refractivity contribution in [3.8, 4) is 0 Å². The Hall–Kier alpha value is -0.390. The van der Waals surface area contributed by atoms with Gasteiger partial charge in [0.05, 0.1) is 0 Å². The lowest BCUT2D eigenvalue weighted by Crippen LogP contribution is -2.08. The summed E-state index contributed by atoms with van der Waals surface area (Å²) in [4.78, 5) is 8.96. The molecule has 16 heavy (non-hydrogen) atoms. The van der Waals surface area contributed by atoms with Gasteiger partial charge >= 0.3 is 0 Å². The summed E-state index contributed by atoms with van der Waals surface area (Å²) in [7, 11) is 0. The number of hydrogen-bond donors (Lipinski definition) is 1. The normalized spacial score (nSPS) is 10.8. The molecular formula is C12H20IN3. The second-order valence-corrected chi connectivity index (χ2v) is 5.48. The number of hydrogen-bond acceptors (Lipinski definition) is 3. The molecule has 90 valence electrons. The average Bonchev–Trinajstić information content (AvgIpc) is 2.16. The fourth-order valence-electron chi connectivity index (χ4n) is 1.40. The van der Waals surface area contributed by atoms with Crippen molar-refractivity contribution in [3.63, 3.8) is 0 Å². The summed E-state index contributed by atoms with van der Waals surface area (Å²) < 4.78 is 1.02. The van der Waals surface area contributed by atoms with Crippen LogP contribution in [-0.4, -0.2) is 16.5 Å². The van der Waals surface area contributed by atoms with E-state index >= 15 is 0 Å². The molecular weight excluding hydrogens is 313 g/mol. The number of nitrogens with zero attached hydrogens (tertiary/aromatic N) is 2. The Morgan fingerprint density at radius 1 is 1.38 bits per heavy atom. The molecule has 0 bridgehead atoms. The van der Waals surface area contributed by atoms with E-state index in [4.69, 9.17) is 0 Å². The second kappa shape index (κ2) is 7.04. The van der Waals surface area contributed by atoms with Gasteiger partial charge in [-0.3, -0.25) is 0 Å². The lowest BCUT2D eigenvalue weighted by molar-refractivity contribution is 0.619. The lowest BCUT2D eigenvalue weighted by Gasteiger charge is -2.08. The van der Waals surface area contributed by atoms with Crippen LogP contribution in [0.25, 0.3) is 0 Å². The maximum Gasteiger partial charge on any atom is 0.132 e. The molecule has 4 heteroatoms. The van der Waals surface area contributed by atoms with Crippen LogP contribution in [-0.2, 0) is 6.42 Å². The van der Waals surface area contributed by atoms with Crippen LogP contribution in [0.15, 0.2) is 6.07 Å². The van der Waals surface area contributed by atoms with Crippen LogP contribution in [0, 0.1) is 9.62 Å². The molecule has 1 heterocycles. The number of halogens is 1. The minimum absolute atomic E-state index is 0.599. The van der Waals surface area contributed by atoms with Crippen molar-refractivity contribution in [1.29, 1.82) is 0 Å². The summed E-state index contributed by atoms with van der Waals surface area (Å²) in [5, 5.41) is 3.34. The first-order valence-corrected chi connectivity index (χ1v) is 6.97.